The number of hydrogen-bond donors (Lipinski definition) is 1. The maximum Gasteiger partial charge on any atom is 0.338 e. The van der Waals surface area contributed by atoms with Crippen molar-refractivity contribution in [3.63, 3.8) is 0 Å². The zero-order valence-corrected chi connectivity index (χ0v) is 10.4. The van der Waals surface area contributed by atoms with Crippen molar-refractivity contribution in [2.45, 2.75) is 0 Å². The lowest BCUT2D eigenvalue weighted by molar-refractivity contribution is -0.111. The second kappa shape index (κ2) is 6.87. The van der Waals surface area contributed by atoms with Gasteiger partial charge in [-0.15, -0.1) is 6.42 Å². The molecule has 1 rings (SSSR count). The van der Waals surface area contributed by atoms with Gasteiger partial charge in [0.25, 0.3) is 0 Å². The van der Waals surface area contributed by atoms with Crippen molar-refractivity contribution in [3.8, 4) is 18.1 Å². The molecule has 0 saturated heterocycles. The minimum absolute atomic E-state index is 0.0550. The highest BCUT2D eigenvalue weighted by Crippen LogP contribution is 2.21. The summed E-state index contributed by atoms with van der Waals surface area (Å²) in [4.78, 5) is 22.7. The molecule has 0 saturated carbocycles. The van der Waals surface area contributed by atoms with Crippen LogP contribution in [0.2, 0.25) is 0 Å². The number of methoxy groups -OCH3 is 1. The zero-order valence-electron chi connectivity index (χ0n) is 10.4. The highest BCUT2D eigenvalue weighted by atomic mass is 16.5. The summed E-state index contributed by atoms with van der Waals surface area (Å²) in [6, 6.07) is 4.49. The molecule has 0 heterocycles. The van der Waals surface area contributed by atoms with Gasteiger partial charge in [-0.1, -0.05) is 12.5 Å². The Labute approximate surface area is 111 Å². The van der Waals surface area contributed by atoms with Gasteiger partial charge in [0.15, 0.2) is 0 Å². The van der Waals surface area contributed by atoms with Crippen LogP contribution in [0.1, 0.15) is 10.4 Å². The van der Waals surface area contributed by atoms with E-state index in [1.54, 1.807) is 6.07 Å². The second-order valence-electron chi connectivity index (χ2n) is 3.42. The van der Waals surface area contributed by atoms with E-state index in [0.29, 0.717) is 11.4 Å². The van der Waals surface area contributed by atoms with Gasteiger partial charge >= 0.3 is 5.97 Å². The summed E-state index contributed by atoms with van der Waals surface area (Å²) in [7, 11) is 1.26. The summed E-state index contributed by atoms with van der Waals surface area (Å²) in [6.07, 6.45) is 6.21. The highest BCUT2D eigenvalue weighted by Gasteiger charge is 2.10. The van der Waals surface area contributed by atoms with Crippen molar-refractivity contribution in [3.05, 3.63) is 36.4 Å². The predicted octanol–water partition coefficient (Wildman–Crippen LogP) is 1.61. The molecule has 0 aliphatic carbocycles. The van der Waals surface area contributed by atoms with Crippen LogP contribution in [-0.4, -0.2) is 25.6 Å². The van der Waals surface area contributed by atoms with E-state index >= 15 is 0 Å². The molecule has 0 unspecified atom stereocenters. The van der Waals surface area contributed by atoms with E-state index in [2.05, 4.69) is 22.6 Å². The van der Waals surface area contributed by atoms with Gasteiger partial charge in [0.05, 0.1) is 12.7 Å². The number of anilines is 1. The van der Waals surface area contributed by atoms with Crippen LogP contribution >= 0.6 is 0 Å². The van der Waals surface area contributed by atoms with Crippen LogP contribution in [0, 0.1) is 12.3 Å². The Morgan fingerprint density at radius 1 is 1.47 bits per heavy atom. The molecule has 0 bridgehead atoms. The van der Waals surface area contributed by atoms with Crippen LogP contribution in [0.4, 0.5) is 5.69 Å². The monoisotopic (exact) mass is 259 g/mol. The van der Waals surface area contributed by atoms with Crippen LogP contribution in [0.5, 0.6) is 5.75 Å². The van der Waals surface area contributed by atoms with Gasteiger partial charge < -0.3 is 14.8 Å². The van der Waals surface area contributed by atoms with Gasteiger partial charge in [-0.05, 0) is 18.2 Å². The number of benzene rings is 1. The molecule has 5 nitrogen and oxygen atoms in total. The van der Waals surface area contributed by atoms with Crippen molar-refractivity contribution in [1.29, 1.82) is 0 Å². The van der Waals surface area contributed by atoms with Gasteiger partial charge in [-0.3, -0.25) is 4.79 Å². The largest absolute Gasteiger partial charge is 0.481 e. The molecule has 0 atom stereocenters. The van der Waals surface area contributed by atoms with Crippen molar-refractivity contribution in [1.82, 2.24) is 0 Å². The number of esters is 1. The van der Waals surface area contributed by atoms with Crippen LogP contribution in [-0.2, 0) is 9.53 Å². The predicted molar refractivity (Wildman–Crippen MR) is 70.9 cm³/mol. The summed E-state index contributed by atoms with van der Waals surface area (Å²) < 4.78 is 9.84. The Morgan fingerprint density at radius 3 is 2.79 bits per heavy atom. The third kappa shape index (κ3) is 4.21. The summed E-state index contributed by atoms with van der Waals surface area (Å²) in [5, 5.41) is 2.53. The van der Waals surface area contributed by atoms with Crippen LogP contribution in [0.25, 0.3) is 0 Å². The van der Waals surface area contributed by atoms with E-state index in [1.807, 2.05) is 0 Å². The van der Waals surface area contributed by atoms with Gasteiger partial charge in [0, 0.05) is 11.8 Å². The molecule has 5 heteroatoms. The van der Waals surface area contributed by atoms with E-state index in [4.69, 9.17) is 11.2 Å². The molecule has 1 amide bonds. The SMILES string of the molecule is C#CCOc1cc(NC(=O)C=C)cc(C(=O)OC)c1. The third-order valence-corrected chi connectivity index (χ3v) is 2.10. The normalized spacial score (nSPS) is 9.05. The average Bonchev–Trinajstić information content (AvgIpc) is 2.43. The van der Waals surface area contributed by atoms with Gasteiger partial charge in [-0.2, -0.15) is 0 Å². The molecule has 98 valence electrons. The fourth-order valence-corrected chi connectivity index (χ4v) is 1.31. The summed E-state index contributed by atoms with van der Waals surface area (Å²) in [5.41, 5.74) is 0.635. The van der Waals surface area contributed by atoms with Crippen LogP contribution in [0.3, 0.4) is 0 Å². The van der Waals surface area contributed by atoms with Crippen LogP contribution in [0.15, 0.2) is 30.9 Å². The lowest BCUT2D eigenvalue weighted by Crippen LogP contribution is -2.09. The van der Waals surface area contributed by atoms with E-state index in [1.165, 1.54) is 19.2 Å². The maximum absolute atomic E-state index is 11.5. The zero-order chi connectivity index (χ0) is 14.3. The average molecular weight is 259 g/mol. The molecule has 1 aromatic carbocycles. The van der Waals surface area contributed by atoms with E-state index in [0.717, 1.165) is 6.08 Å². The van der Waals surface area contributed by atoms with Crippen LogP contribution < -0.4 is 10.1 Å². The number of nitrogens with one attached hydrogen (secondary N) is 1. The number of rotatable bonds is 5. The smallest absolute Gasteiger partial charge is 0.338 e. The Bertz CT molecular complexity index is 543. The number of amides is 1. The van der Waals surface area contributed by atoms with Gasteiger partial charge in [0.1, 0.15) is 12.4 Å². The van der Waals surface area contributed by atoms with E-state index in [-0.39, 0.29) is 12.2 Å². The summed E-state index contributed by atoms with van der Waals surface area (Å²) >= 11 is 0. The topological polar surface area (TPSA) is 64.6 Å². The molecule has 19 heavy (non-hydrogen) atoms. The first-order chi connectivity index (χ1) is 9.10. The number of terminal acetylenes is 1. The molecule has 1 aromatic rings. The Balaban J connectivity index is 3.08. The highest BCUT2D eigenvalue weighted by molar-refractivity contribution is 6.00. The molecule has 0 aromatic heterocycles. The quantitative estimate of drug-likeness (QED) is 0.495. The van der Waals surface area contributed by atoms with Crippen molar-refractivity contribution in [2.24, 2.45) is 0 Å². The Hall–Kier alpha value is -2.74. The number of carbonyl (C=O) groups excluding carboxylic acids is 2. The fourth-order valence-electron chi connectivity index (χ4n) is 1.31. The first-order valence-corrected chi connectivity index (χ1v) is 5.33. The van der Waals surface area contributed by atoms with Crippen molar-refractivity contribution in [2.75, 3.05) is 19.0 Å². The molecule has 0 radical (unpaired) electrons. The van der Waals surface area contributed by atoms with Gasteiger partial charge in [0.2, 0.25) is 5.91 Å². The second-order valence-corrected chi connectivity index (χ2v) is 3.42. The molecule has 0 fully saturated rings. The van der Waals surface area contributed by atoms with E-state index < -0.39 is 11.9 Å². The number of carbonyl (C=O) groups is 2. The lowest BCUT2D eigenvalue weighted by Gasteiger charge is -2.09. The summed E-state index contributed by atoms with van der Waals surface area (Å²) in [5.74, 6) is 1.73. The first-order valence-electron chi connectivity index (χ1n) is 5.33. The van der Waals surface area contributed by atoms with Crippen molar-refractivity contribution >= 4 is 17.6 Å². The molecular weight excluding hydrogens is 246 g/mol. The number of ether oxygens (including phenoxy) is 2. The molecule has 0 aliphatic rings. The first kappa shape index (κ1) is 14.3. The maximum atomic E-state index is 11.5. The van der Waals surface area contributed by atoms with Crippen molar-refractivity contribution < 1.29 is 19.1 Å². The lowest BCUT2D eigenvalue weighted by atomic mass is 10.2. The molecule has 1 N–H and O–H groups in total. The minimum atomic E-state index is -0.541. The van der Waals surface area contributed by atoms with Gasteiger partial charge in [-0.25, -0.2) is 4.79 Å². The van der Waals surface area contributed by atoms with E-state index in [9.17, 15) is 9.59 Å². The molecule has 0 spiro atoms. The third-order valence-electron chi connectivity index (χ3n) is 2.10. The Morgan fingerprint density at radius 2 is 2.21 bits per heavy atom. The molecular formula is C14H13NO4. The Kier molecular flexibility index (Phi) is 5.17. The number of hydrogen-bond acceptors (Lipinski definition) is 4. The standard InChI is InChI=1S/C14H13NO4/c1-4-6-19-12-8-10(14(17)18-3)7-11(9-12)15-13(16)5-2/h1,5,7-9H,2,6H2,3H3,(H,15,16). The molecule has 0 aliphatic heterocycles. The summed E-state index contributed by atoms with van der Waals surface area (Å²) in [6.45, 7) is 3.40. The fraction of sp³-hybridized carbons (Fsp3) is 0.143. The minimum Gasteiger partial charge on any atom is -0.481 e.